The van der Waals surface area contributed by atoms with Crippen LogP contribution in [0.5, 0.6) is 0 Å². The van der Waals surface area contributed by atoms with Gasteiger partial charge in [0.25, 0.3) is 5.91 Å². The van der Waals surface area contributed by atoms with Crippen molar-refractivity contribution in [1.29, 1.82) is 0 Å². The van der Waals surface area contributed by atoms with Crippen LogP contribution in [0, 0.1) is 0 Å². The lowest BCUT2D eigenvalue weighted by Gasteiger charge is -2.07. The molecule has 2 heterocycles. The fraction of sp³-hybridized carbons (Fsp3) is 0.375. The molecule has 1 fully saturated rings. The van der Waals surface area contributed by atoms with Gasteiger partial charge in [0.1, 0.15) is 6.10 Å². The minimum absolute atomic E-state index is 0.0801. The zero-order valence-electron chi connectivity index (χ0n) is 12.0. The maximum absolute atomic E-state index is 12.1. The summed E-state index contributed by atoms with van der Waals surface area (Å²) in [6, 6.07) is 10.1. The molecule has 1 aliphatic rings. The van der Waals surface area contributed by atoms with E-state index in [2.05, 4.69) is 17.2 Å². The number of nitrogens with one attached hydrogen (secondary N) is 1. The second kappa shape index (κ2) is 6.37. The number of amides is 1. The van der Waals surface area contributed by atoms with E-state index in [9.17, 15) is 4.79 Å². The largest absolute Gasteiger partial charge is 0.368 e. The first-order valence-corrected chi connectivity index (χ1v) is 8.07. The quantitative estimate of drug-likeness (QED) is 0.940. The predicted molar refractivity (Wildman–Crippen MR) is 84.5 cm³/mol. The predicted octanol–water partition coefficient (Wildman–Crippen LogP) is 3.49. The van der Waals surface area contributed by atoms with E-state index >= 15 is 0 Å². The minimum atomic E-state index is -0.320. The van der Waals surface area contributed by atoms with Crippen LogP contribution in [0.2, 0.25) is 0 Å². The van der Waals surface area contributed by atoms with Crippen LogP contribution in [0.4, 0.5) is 5.13 Å². The zero-order chi connectivity index (χ0) is 14.7. The average Bonchev–Trinajstić information content (AvgIpc) is 3.17. The van der Waals surface area contributed by atoms with Gasteiger partial charge in [-0.05, 0) is 19.3 Å². The normalized spacial score (nSPS) is 17.9. The summed E-state index contributed by atoms with van der Waals surface area (Å²) in [5.74, 6) is -0.0801. The molecule has 0 radical (unpaired) electrons. The number of thiazole rings is 1. The number of anilines is 1. The molecule has 21 heavy (non-hydrogen) atoms. The Balaban J connectivity index is 1.81. The van der Waals surface area contributed by atoms with Crippen LogP contribution >= 0.6 is 11.3 Å². The fourth-order valence-electron chi connectivity index (χ4n) is 2.44. The monoisotopic (exact) mass is 302 g/mol. The van der Waals surface area contributed by atoms with Crippen LogP contribution < -0.4 is 5.32 Å². The summed E-state index contributed by atoms with van der Waals surface area (Å²) in [7, 11) is 0. The Labute approximate surface area is 128 Å². The summed E-state index contributed by atoms with van der Waals surface area (Å²) < 4.78 is 5.40. The number of carbonyl (C=O) groups excluding carboxylic acids is 1. The van der Waals surface area contributed by atoms with Gasteiger partial charge in [0, 0.05) is 17.0 Å². The van der Waals surface area contributed by atoms with Crippen molar-refractivity contribution in [2.45, 2.75) is 32.3 Å². The molecule has 0 saturated carbocycles. The number of aromatic nitrogens is 1. The summed E-state index contributed by atoms with van der Waals surface area (Å²) in [6.45, 7) is 2.77. The SMILES string of the molecule is CCc1sc(NC(=O)[C@H]2CCCO2)nc1-c1ccccc1. The van der Waals surface area contributed by atoms with Gasteiger partial charge < -0.3 is 4.74 Å². The van der Waals surface area contributed by atoms with Crippen molar-refractivity contribution in [2.75, 3.05) is 11.9 Å². The van der Waals surface area contributed by atoms with Crippen LogP contribution in [-0.2, 0) is 16.0 Å². The highest BCUT2D eigenvalue weighted by Gasteiger charge is 2.24. The third-order valence-electron chi connectivity index (χ3n) is 3.52. The molecule has 110 valence electrons. The first-order valence-electron chi connectivity index (χ1n) is 7.25. The number of rotatable bonds is 4. The molecule has 1 aliphatic heterocycles. The summed E-state index contributed by atoms with van der Waals surface area (Å²) in [5.41, 5.74) is 2.05. The first-order chi connectivity index (χ1) is 10.3. The van der Waals surface area contributed by atoms with E-state index in [4.69, 9.17) is 4.74 Å². The van der Waals surface area contributed by atoms with E-state index < -0.39 is 0 Å². The van der Waals surface area contributed by atoms with Crippen LogP contribution in [0.25, 0.3) is 11.3 Å². The maximum atomic E-state index is 12.1. The number of nitrogens with zero attached hydrogens (tertiary/aromatic N) is 1. The molecule has 2 aromatic rings. The Bertz CT molecular complexity index is 618. The van der Waals surface area contributed by atoms with Gasteiger partial charge in [-0.1, -0.05) is 37.3 Å². The molecule has 3 rings (SSSR count). The second-order valence-corrected chi connectivity index (χ2v) is 6.08. The van der Waals surface area contributed by atoms with Gasteiger partial charge in [0.15, 0.2) is 5.13 Å². The Hall–Kier alpha value is -1.72. The number of hydrogen-bond donors (Lipinski definition) is 1. The van der Waals surface area contributed by atoms with Crippen molar-refractivity contribution in [3.05, 3.63) is 35.2 Å². The molecule has 1 aromatic heterocycles. The van der Waals surface area contributed by atoms with Gasteiger partial charge >= 0.3 is 0 Å². The molecule has 1 saturated heterocycles. The van der Waals surface area contributed by atoms with Crippen LogP contribution in [0.3, 0.4) is 0 Å². The molecule has 1 aromatic carbocycles. The number of aryl methyl sites for hydroxylation is 1. The van der Waals surface area contributed by atoms with Crippen molar-refractivity contribution in [1.82, 2.24) is 4.98 Å². The van der Waals surface area contributed by atoms with Crippen LogP contribution in [0.1, 0.15) is 24.6 Å². The molecule has 5 heteroatoms. The van der Waals surface area contributed by atoms with Crippen molar-refractivity contribution in [3.8, 4) is 11.3 Å². The van der Waals surface area contributed by atoms with E-state index in [-0.39, 0.29) is 12.0 Å². The van der Waals surface area contributed by atoms with Crippen molar-refractivity contribution in [2.24, 2.45) is 0 Å². The van der Waals surface area contributed by atoms with E-state index in [1.54, 1.807) is 11.3 Å². The van der Waals surface area contributed by atoms with Crippen molar-refractivity contribution < 1.29 is 9.53 Å². The number of hydrogen-bond acceptors (Lipinski definition) is 4. The van der Waals surface area contributed by atoms with Crippen molar-refractivity contribution >= 4 is 22.4 Å². The van der Waals surface area contributed by atoms with E-state index in [1.807, 2.05) is 30.3 Å². The molecule has 0 bridgehead atoms. The van der Waals surface area contributed by atoms with E-state index in [1.165, 1.54) is 4.88 Å². The number of benzene rings is 1. The van der Waals surface area contributed by atoms with Gasteiger partial charge in [-0.25, -0.2) is 4.98 Å². The van der Waals surface area contributed by atoms with E-state index in [0.29, 0.717) is 11.7 Å². The topological polar surface area (TPSA) is 51.2 Å². The Kier molecular flexibility index (Phi) is 4.31. The Morgan fingerprint density at radius 2 is 2.24 bits per heavy atom. The highest BCUT2D eigenvalue weighted by molar-refractivity contribution is 7.16. The number of ether oxygens (including phenoxy) is 1. The van der Waals surface area contributed by atoms with Gasteiger partial charge in [-0.2, -0.15) is 0 Å². The van der Waals surface area contributed by atoms with Crippen molar-refractivity contribution in [3.63, 3.8) is 0 Å². The summed E-state index contributed by atoms with van der Waals surface area (Å²) in [4.78, 5) is 17.9. The zero-order valence-corrected chi connectivity index (χ0v) is 12.8. The molecule has 0 unspecified atom stereocenters. The molecule has 0 spiro atoms. The fourth-order valence-corrected chi connectivity index (χ4v) is 3.36. The third-order valence-corrected chi connectivity index (χ3v) is 4.63. The van der Waals surface area contributed by atoms with Gasteiger partial charge in [0.05, 0.1) is 5.69 Å². The highest BCUT2D eigenvalue weighted by atomic mass is 32.1. The van der Waals surface area contributed by atoms with Gasteiger partial charge in [0.2, 0.25) is 0 Å². The molecule has 4 nitrogen and oxygen atoms in total. The second-order valence-electron chi connectivity index (χ2n) is 5.00. The smallest absolute Gasteiger partial charge is 0.255 e. The molecule has 0 aliphatic carbocycles. The lowest BCUT2D eigenvalue weighted by molar-refractivity contribution is -0.124. The summed E-state index contributed by atoms with van der Waals surface area (Å²) in [5, 5.41) is 3.55. The summed E-state index contributed by atoms with van der Waals surface area (Å²) in [6.07, 6.45) is 2.33. The standard InChI is InChI=1S/C16H18N2O2S/c1-2-13-14(11-7-4-3-5-8-11)17-16(21-13)18-15(19)12-9-6-10-20-12/h3-5,7-8,12H,2,6,9-10H2,1H3,(H,17,18,19)/t12-/m1/s1. The third kappa shape index (κ3) is 3.14. The molecule has 1 amide bonds. The molecule has 1 atom stereocenters. The Morgan fingerprint density at radius 1 is 1.43 bits per heavy atom. The Morgan fingerprint density at radius 3 is 2.90 bits per heavy atom. The lowest BCUT2D eigenvalue weighted by atomic mass is 10.1. The average molecular weight is 302 g/mol. The van der Waals surface area contributed by atoms with Gasteiger partial charge in [-0.3, -0.25) is 10.1 Å². The molecule has 1 N–H and O–H groups in total. The first kappa shape index (κ1) is 14.2. The molecular formula is C16H18N2O2S. The maximum Gasteiger partial charge on any atom is 0.255 e. The van der Waals surface area contributed by atoms with Gasteiger partial charge in [-0.15, -0.1) is 11.3 Å². The van der Waals surface area contributed by atoms with E-state index in [0.717, 1.165) is 30.5 Å². The summed E-state index contributed by atoms with van der Waals surface area (Å²) >= 11 is 1.54. The van der Waals surface area contributed by atoms with Crippen LogP contribution in [-0.4, -0.2) is 23.6 Å². The number of carbonyl (C=O) groups is 1. The lowest BCUT2D eigenvalue weighted by Crippen LogP contribution is -2.26. The highest BCUT2D eigenvalue weighted by Crippen LogP contribution is 2.31. The van der Waals surface area contributed by atoms with Crippen LogP contribution in [0.15, 0.2) is 30.3 Å². The molecular weight excluding hydrogens is 284 g/mol. The minimum Gasteiger partial charge on any atom is -0.368 e.